The molecule has 0 atom stereocenters. The van der Waals surface area contributed by atoms with Gasteiger partial charge in [-0.1, -0.05) is 68.4 Å². The van der Waals surface area contributed by atoms with Gasteiger partial charge < -0.3 is 4.57 Å². The zero-order valence-electron chi connectivity index (χ0n) is 14.7. The highest BCUT2D eigenvalue weighted by molar-refractivity contribution is 6.03. The van der Waals surface area contributed by atoms with E-state index in [1.165, 1.54) is 38.8 Å². The van der Waals surface area contributed by atoms with Crippen molar-refractivity contribution < 1.29 is 0 Å². The molecule has 0 amide bonds. The van der Waals surface area contributed by atoms with Crippen molar-refractivity contribution in [1.82, 2.24) is 9.55 Å². The average Bonchev–Trinajstić information content (AvgIpc) is 3.09. The van der Waals surface area contributed by atoms with Crippen LogP contribution in [0, 0.1) is 0 Å². The highest BCUT2D eigenvalue weighted by Gasteiger charge is 2.38. The number of hydrogen-bond donors (Lipinski definition) is 0. The van der Waals surface area contributed by atoms with Crippen molar-refractivity contribution in [1.29, 1.82) is 0 Å². The third kappa shape index (κ3) is 1.82. The van der Waals surface area contributed by atoms with Crippen LogP contribution in [0.5, 0.6) is 0 Å². The number of fused-ring (bicyclic) bond motifs is 5. The molecule has 2 aromatic heterocycles. The van der Waals surface area contributed by atoms with E-state index >= 15 is 0 Å². The maximum Gasteiger partial charge on any atom is 0.140 e. The monoisotopic (exact) mass is 324 g/mol. The Kier molecular flexibility index (Phi) is 2.79. The van der Waals surface area contributed by atoms with Crippen molar-refractivity contribution in [2.24, 2.45) is 7.05 Å². The van der Waals surface area contributed by atoms with Crippen LogP contribution in [-0.4, -0.2) is 9.55 Å². The van der Waals surface area contributed by atoms with E-state index in [-0.39, 0.29) is 5.41 Å². The molecule has 5 rings (SSSR count). The Labute approximate surface area is 147 Å². The number of hydrogen-bond acceptors (Lipinski definition) is 1. The van der Waals surface area contributed by atoms with Crippen LogP contribution in [0.4, 0.5) is 0 Å². The molecule has 1 aliphatic rings. The van der Waals surface area contributed by atoms with Gasteiger partial charge in [-0.05, 0) is 22.3 Å². The summed E-state index contributed by atoms with van der Waals surface area (Å²) in [6.07, 6.45) is 4.27. The first kappa shape index (κ1) is 14.5. The summed E-state index contributed by atoms with van der Waals surface area (Å²) in [7, 11) is 2.09. The fraction of sp³-hybridized carbons (Fsp3) is 0.174. The summed E-state index contributed by atoms with van der Waals surface area (Å²) in [6.45, 7) is 4.66. The Morgan fingerprint density at radius 1 is 0.840 bits per heavy atom. The van der Waals surface area contributed by atoms with Gasteiger partial charge in [0.2, 0.25) is 0 Å². The molecule has 0 saturated heterocycles. The van der Waals surface area contributed by atoms with Gasteiger partial charge in [0.05, 0.1) is 0 Å². The summed E-state index contributed by atoms with van der Waals surface area (Å²) < 4.78 is 2.15. The summed E-state index contributed by atoms with van der Waals surface area (Å²) in [5.74, 6) is 0. The fourth-order valence-electron chi connectivity index (χ4n) is 4.43. The molecule has 25 heavy (non-hydrogen) atoms. The van der Waals surface area contributed by atoms with Crippen molar-refractivity contribution in [2.75, 3.05) is 0 Å². The second-order valence-electron chi connectivity index (χ2n) is 7.44. The van der Waals surface area contributed by atoms with Gasteiger partial charge in [-0.3, -0.25) is 0 Å². The quantitative estimate of drug-likeness (QED) is 0.449. The van der Waals surface area contributed by atoms with Gasteiger partial charge in [0.15, 0.2) is 0 Å². The lowest BCUT2D eigenvalue weighted by Crippen LogP contribution is -2.15. The largest absolute Gasteiger partial charge is 0.335 e. The molecule has 0 N–H and O–H groups in total. The molecule has 2 heterocycles. The number of aryl methyl sites for hydroxylation is 1. The first-order valence-corrected chi connectivity index (χ1v) is 8.73. The lowest BCUT2D eigenvalue weighted by molar-refractivity contribution is 0.666. The minimum atomic E-state index is -0.0298. The summed E-state index contributed by atoms with van der Waals surface area (Å²) >= 11 is 0. The minimum Gasteiger partial charge on any atom is -0.335 e. The molecule has 2 aromatic carbocycles. The van der Waals surface area contributed by atoms with E-state index < -0.39 is 0 Å². The summed E-state index contributed by atoms with van der Waals surface area (Å²) in [5.41, 5.74) is 8.92. The van der Waals surface area contributed by atoms with Crippen LogP contribution >= 0.6 is 0 Å². The number of aromatic nitrogens is 2. The van der Waals surface area contributed by atoms with Gasteiger partial charge in [-0.2, -0.15) is 0 Å². The molecule has 0 saturated carbocycles. The Bertz CT molecular complexity index is 1120. The molecule has 0 spiro atoms. The third-order valence-electron chi connectivity index (χ3n) is 5.59. The number of rotatable bonds is 1. The molecule has 2 heteroatoms. The van der Waals surface area contributed by atoms with E-state index in [0.29, 0.717) is 0 Å². The highest BCUT2D eigenvalue weighted by Crippen LogP contribution is 2.52. The summed E-state index contributed by atoms with van der Waals surface area (Å²) in [6, 6.07) is 19.4. The molecule has 0 aliphatic heterocycles. The van der Waals surface area contributed by atoms with Crippen molar-refractivity contribution >= 4 is 11.0 Å². The number of benzene rings is 2. The Morgan fingerprint density at radius 3 is 2.36 bits per heavy atom. The van der Waals surface area contributed by atoms with Gasteiger partial charge in [0, 0.05) is 41.4 Å². The normalized spacial score (nSPS) is 14.5. The summed E-state index contributed by atoms with van der Waals surface area (Å²) in [5, 5.41) is 1.28. The summed E-state index contributed by atoms with van der Waals surface area (Å²) in [4.78, 5) is 4.83. The van der Waals surface area contributed by atoms with E-state index in [2.05, 4.69) is 92.5 Å². The Hall–Kier alpha value is -2.87. The van der Waals surface area contributed by atoms with E-state index in [0.717, 1.165) is 5.65 Å². The minimum absolute atomic E-state index is 0.0298. The first-order valence-electron chi connectivity index (χ1n) is 8.73. The van der Waals surface area contributed by atoms with Crippen LogP contribution in [0.2, 0.25) is 0 Å². The van der Waals surface area contributed by atoms with Crippen LogP contribution in [-0.2, 0) is 12.5 Å². The van der Waals surface area contributed by atoms with E-state index in [4.69, 9.17) is 4.98 Å². The molecule has 0 bridgehead atoms. The molecule has 0 radical (unpaired) electrons. The van der Waals surface area contributed by atoms with E-state index in [9.17, 15) is 0 Å². The van der Waals surface area contributed by atoms with Crippen LogP contribution in [0.1, 0.15) is 25.0 Å². The Morgan fingerprint density at radius 2 is 1.56 bits per heavy atom. The van der Waals surface area contributed by atoms with Crippen LogP contribution in [0.15, 0.2) is 67.0 Å². The lowest BCUT2D eigenvalue weighted by atomic mass is 9.80. The molecule has 1 aliphatic carbocycles. The predicted molar refractivity (Wildman–Crippen MR) is 104 cm³/mol. The van der Waals surface area contributed by atoms with Gasteiger partial charge in [0.1, 0.15) is 5.65 Å². The average molecular weight is 324 g/mol. The fourth-order valence-corrected chi connectivity index (χ4v) is 4.43. The maximum atomic E-state index is 4.83. The topological polar surface area (TPSA) is 17.8 Å². The van der Waals surface area contributed by atoms with Crippen LogP contribution in [0.25, 0.3) is 33.3 Å². The van der Waals surface area contributed by atoms with Gasteiger partial charge in [-0.25, -0.2) is 4.98 Å². The standard InChI is InChI=1S/C23H20N2/c1-23(2)19-12-8-7-11-16(19)17-13-24-22-20(21(17)23)18(14-25(22)3)15-9-5-4-6-10-15/h4-14H,1-3H3. The molecular formula is C23H20N2. The zero-order valence-corrected chi connectivity index (χ0v) is 14.7. The first-order chi connectivity index (χ1) is 12.1. The number of nitrogens with zero attached hydrogens (tertiary/aromatic N) is 2. The van der Waals surface area contributed by atoms with Gasteiger partial charge >= 0.3 is 0 Å². The number of pyridine rings is 1. The van der Waals surface area contributed by atoms with Gasteiger partial charge in [-0.15, -0.1) is 0 Å². The second-order valence-corrected chi connectivity index (χ2v) is 7.44. The van der Waals surface area contributed by atoms with Crippen molar-refractivity contribution in [2.45, 2.75) is 19.3 Å². The lowest BCUT2D eigenvalue weighted by Gasteiger charge is -2.22. The molecule has 4 aromatic rings. The molecule has 0 unspecified atom stereocenters. The van der Waals surface area contributed by atoms with Crippen molar-refractivity contribution in [3.05, 3.63) is 78.1 Å². The van der Waals surface area contributed by atoms with E-state index in [1.54, 1.807) is 0 Å². The van der Waals surface area contributed by atoms with Crippen LogP contribution in [0.3, 0.4) is 0 Å². The maximum absolute atomic E-state index is 4.83. The zero-order chi connectivity index (χ0) is 17.2. The van der Waals surface area contributed by atoms with Crippen molar-refractivity contribution in [3.8, 4) is 22.3 Å². The highest BCUT2D eigenvalue weighted by atomic mass is 15.0. The third-order valence-corrected chi connectivity index (χ3v) is 5.59. The smallest absolute Gasteiger partial charge is 0.140 e. The molecule has 0 fully saturated rings. The van der Waals surface area contributed by atoms with Crippen molar-refractivity contribution in [3.63, 3.8) is 0 Å². The second kappa shape index (κ2) is 4.82. The van der Waals surface area contributed by atoms with E-state index in [1.807, 2.05) is 0 Å². The predicted octanol–water partition coefficient (Wildman–Crippen LogP) is 5.55. The molecular weight excluding hydrogens is 304 g/mol. The van der Waals surface area contributed by atoms with Crippen LogP contribution < -0.4 is 0 Å². The molecule has 2 nitrogen and oxygen atoms in total. The SMILES string of the molecule is Cn1cc(-c2ccccc2)c2c3c(cnc21)-c1ccccc1C3(C)C. The molecule has 122 valence electrons. The Balaban J connectivity index is 1.94. The van der Waals surface area contributed by atoms with Gasteiger partial charge in [0.25, 0.3) is 0 Å².